The Morgan fingerprint density at radius 1 is 1.32 bits per heavy atom. The summed E-state index contributed by atoms with van der Waals surface area (Å²) in [6.45, 7) is 11.8. The van der Waals surface area contributed by atoms with Crippen molar-refractivity contribution in [3.05, 3.63) is 0 Å². The quantitative estimate of drug-likeness (QED) is 0.849. The minimum Gasteiger partial charge on any atom is -0.344 e. The molecule has 0 bridgehead atoms. The fourth-order valence-corrected chi connectivity index (χ4v) is 2.60. The predicted octanol–water partition coefficient (Wildman–Crippen LogP) is 2.19. The Kier molecular flexibility index (Phi) is 5.39. The summed E-state index contributed by atoms with van der Waals surface area (Å²) in [4.78, 5) is 26.1. The first-order chi connectivity index (χ1) is 8.76. The third-order valence-electron chi connectivity index (χ3n) is 3.78. The molecule has 110 valence electrons. The SMILES string of the molecule is CCC(=O)N[C@@H](C(=O)N1CCCC(C)(C)C1)C(C)C. The van der Waals surface area contributed by atoms with Crippen molar-refractivity contribution in [1.29, 1.82) is 0 Å². The molecule has 1 atom stereocenters. The summed E-state index contributed by atoms with van der Waals surface area (Å²) in [7, 11) is 0. The summed E-state index contributed by atoms with van der Waals surface area (Å²) in [6, 6.07) is -0.388. The molecule has 1 aliphatic heterocycles. The van der Waals surface area contributed by atoms with Gasteiger partial charge in [-0.1, -0.05) is 34.6 Å². The van der Waals surface area contributed by atoms with Gasteiger partial charge in [-0.25, -0.2) is 0 Å². The van der Waals surface area contributed by atoms with Gasteiger partial charge in [0.2, 0.25) is 11.8 Å². The maximum absolute atomic E-state index is 12.6. The number of piperidine rings is 1. The van der Waals surface area contributed by atoms with Crippen molar-refractivity contribution in [3.63, 3.8) is 0 Å². The smallest absolute Gasteiger partial charge is 0.245 e. The molecule has 0 aliphatic carbocycles. The van der Waals surface area contributed by atoms with Crippen molar-refractivity contribution in [2.24, 2.45) is 11.3 Å². The van der Waals surface area contributed by atoms with Crippen molar-refractivity contribution in [3.8, 4) is 0 Å². The largest absolute Gasteiger partial charge is 0.344 e. The van der Waals surface area contributed by atoms with Crippen molar-refractivity contribution >= 4 is 11.8 Å². The summed E-state index contributed by atoms with van der Waals surface area (Å²) in [5.41, 5.74) is 0.185. The fraction of sp³-hybridized carbons (Fsp3) is 0.867. The van der Waals surface area contributed by atoms with Gasteiger partial charge in [-0.05, 0) is 24.2 Å². The van der Waals surface area contributed by atoms with E-state index in [0.717, 1.165) is 25.9 Å². The molecule has 0 aromatic carbocycles. The van der Waals surface area contributed by atoms with Crippen molar-refractivity contribution in [2.75, 3.05) is 13.1 Å². The van der Waals surface area contributed by atoms with E-state index in [1.165, 1.54) is 0 Å². The number of hydrogen-bond acceptors (Lipinski definition) is 2. The van der Waals surface area contributed by atoms with Crippen LogP contribution in [0, 0.1) is 11.3 Å². The molecular weight excluding hydrogens is 240 g/mol. The first-order valence-electron chi connectivity index (χ1n) is 7.35. The van der Waals surface area contributed by atoms with Crippen LogP contribution in [0.15, 0.2) is 0 Å². The van der Waals surface area contributed by atoms with Crippen LogP contribution in [0.3, 0.4) is 0 Å². The zero-order chi connectivity index (χ0) is 14.6. The van der Waals surface area contributed by atoms with Crippen molar-refractivity contribution in [1.82, 2.24) is 10.2 Å². The molecule has 0 spiro atoms. The molecule has 4 nitrogen and oxygen atoms in total. The summed E-state index contributed by atoms with van der Waals surface area (Å²) in [5.74, 6) is 0.140. The topological polar surface area (TPSA) is 49.4 Å². The summed E-state index contributed by atoms with van der Waals surface area (Å²) >= 11 is 0. The average Bonchev–Trinajstić information content (AvgIpc) is 2.33. The number of carbonyl (C=O) groups excluding carboxylic acids is 2. The molecule has 1 aliphatic rings. The van der Waals surface area contributed by atoms with Crippen LogP contribution in [0.1, 0.15) is 53.9 Å². The van der Waals surface area contributed by atoms with Gasteiger partial charge in [0.15, 0.2) is 0 Å². The van der Waals surface area contributed by atoms with E-state index in [4.69, 9.17) is 0 Å². The van der Waals surface area contributed by atoms with E-state index in [1.54, 1.807) is 6.92 Å². The lowest BCUT2D eigenvalue weighted by Crippen LogP contribution is -2.54. The third-order valence-corrected chi connectivity index (χ3v) is 3.78. The van der Waals surface area contributed by atoms with E-state index in [-0.39, 0.29) is 29.2 Å². The standard InChI is InChI=1S/C15H28N2O2/c1-6-12(18)16-13(11(2)3)14(19)17-9-7-8-15(4,5)10-17/h11,13H,6-10H2,1-5H3,(H,16,18)/t13-/m1/s1. The van der Waals surface area contributed by atoms with Gasteiger partial charge in [-0.3, -0.25) is 9.59 Å². The maximum Gasteiger partial charge on any atom is 0.245 e. The number of amides is 2. The number of likely N-dealkylation sites (tertiary alicyclic amines) is 1. The van der Waals surface area contributed by atoms with Crippen LogP contribution in [0.25, 0.3) is 0 Å². The van der Waals surface area contributed by atoms with Gasteiger partial charge in [0, 0.05) is 19.5 Å². The summed E-state index contributed by atoms with van der Waals surface area (Å²) < 4.78 is 0. The Balaban J connectivity index is 2.73. The number of nitrogens with one attached hydrogen (secondary N) is 1. The van der Waals surface area contributed by atoms with Gasteiger partial charge in [0.1, 0.15) is 6.04 Å². The molecule has 19 heavy (non-hydrogen) atoms. The van der Waals surface area contributed by atoms with E-state index >= 15 is 0 Å². The van der Waals surface area contributed by atoms with Crippen LogP contribution >= 0.6 is 0 Å². The second-order valence-corrected chi connectivity index (χ2v) is 6.67. The van der Waals surface area contributed by atoms with E-state index in [1.807, 2.05) is 18.7 Å². The lowest BCUT2D eigenvalue weighted by Gasteiger charge is -2.40. The van der Waals surface area contributed by atoms with Gasteiger partial charge in [0.25, 0.3) is 0 Å². The molecule has 4 heteroatoms. The zero-order valence-electron chi connectivity index (χ0n) is 13.0. The molecule has 1 heterocycles. The van der Waals surface area contributed by atoms with Crippen LogP contribution < -0.4 is 5.32 Å². The zero-order valence-corrected chi connectivity index (χ0v) is 13.0. The Morgan fingerprint density at radius 2 is 1.95 bits per heavy atom. The van der Waals surface area contributed by atoms with Gasteiger partial charge in [0.05, 0.1) is 0 Å². The highest BCUT2D eigenvalue weighted by atomic mass is 16.2. The van der Waals surface area contributed by atoms with Crippen LogP contribution in [-0.4, -0.2) is 35.8 Å². The molecule has 1 fully saturated rings. The molecule has 0 aromatic heterocycles. The Morgan fingerprint density at radius 3 is 2.42 bits per heavy atom. The molecule has 0 unspecified atom stereocenters. The van der Waals surface area contributed by atoms with E-state index in [9.17, 15) is 9.59 Å². The highest BCUT2D eigenvalue weighted by molar-refractivity contribution is 5.87. The minimum absolute atomic E-state index is 0.0525. The molecule has 0 radical (unpaired) electrons. The summed E-state index contributed by atoms with van der Waals surface area (Å²) in [5, 5.41) is 2.86. The van der Waals surface area contributed by atoms with Crippen molar-refractivity contribution in [2.45, 2.75) is 59.9 Å². The second kappa shape index (κ2) is 6.40. The average molecular weight is 268 g/mol. The number of nitrogens with zero attached hydrogens (tertiary/aromatic N) is 1. The minimum atomic E-state index is -0.388. The number of carbonyl (C=O) groups is 2. The molecule has 1 N–H and O–H groups in total. The monoisotopic (exact) mass is 268 g/mol. The van der Waals surface area contributed by atoms with Crippen LogP contribution in [0.4, 0.5) is 0 Å². The molecular formula is C15H28N2O2. The van der Waals surface area contributed by atoms with E-state index in [2.05, 4.69) is 19.2 Å². The van der Waals surface area contributed by atoms with Crippen molar-refractivity contribution < 1.29 is 9.59 Å². The van der Waals surface area contributed by atoms with Crippen LogP contribution in [-0.2, 0) is 9.59 Å². The highest BCUT2D eigenvalue weighted by Gasteiger charge is 2.34. The summed E-state index contributed by atoms with van der Waals surface area (Å²) in [6.07, 6.45) is 2.62. The Hall–Kier alpha value is -1.06. The maximum atomic E-state index is 12.6. The number of rotatable bonds is 4. The van der Waals surface area contributed by atoms with Gasteiger partial charge < -0.3 is 10.2 Å². The van der Waals surface area contributed by atoms with Crippen LogP contribution in [0.2, 0.25) is 0 Å². The normalized spacial score (nSPS) is 20.2. The van der Waals surface area contributed by atoms with E-state index in [0.29, 0.717) is 6.42 Å². The molecule has 0 aromatic rings. The Bertz CT molecular complexity index is 337. The Labute approximate surface area is 116 Å². The lowest BCUT2D eigenvalue weighted by molar-refractivity contribution is -0.140. The predicted molar refractivity (Wildman–Crippen MR) is 76.7 cm³/mol. The fourth-order valence-electron chi connectivity index (χ4n) is 2.60. The van der Waals surface area contributed by atoms with Crippen LogP contribution in [0.5, 0.6) is 0 Å². The van der Waals surface area contributed by atoms with Gasteiger partial charge in [-0.15, -0.1) is 0 Å². The van der Waals surface area contributed by atoms with Gasteiger partial charge >= 0.3 is 0 Å². The first-order valence-corrected chi connectivity index (χ1v) is 7.35. The third kappa shape index (κ3) is 4.51. The molecule has 0 saturated carbocycles. The molecule has 1 saturated heterocycles. The molecule has 1 rings (SSSR count). The number of hydrogen-bond donors (Lipinski definition) is 1. The second-order valence-electron chi connectivity index (χ2n) is 6.67. The van der Waals surface area contributed by atoms with Gasteiger partial charge in [-0.2, -0.15) is 0 Å². The van der Waals surface area contributed by atoms with E-state index < -0.39 is 0 Å². The molecule has 2 amide bonds. The first kappa shape index (κ1) is 16.0. The lowest BCUT2D eigenvalue weighted by atomic mass is 9.83. The highest BCUT2D eigenvalue weighted by Crippen LogP contribution is 2.29.